The number of para-hydroxylation sites is 1. The van der Waals surface area contributed by atoms with Crippen LogP contribution >= 0.6 is 0 Å². The van der Waals surface area contributed by atoms with Crippen LogP contribution in [0.1, 0.15) is 36.8 Å². The number of methoxy groups -OCH3 is 1. The second-order valence-electron chi connectivity index (χ2n) is 9.81. The number of aliphatic imine (C=N–C) groups is 1. The molecule has 3 rings (SSSR count). The van der Waals surface area contributed by atoms with E-state index in [2.05, 4.69) is 20.9 Å². The summed E-state index contributed by atoms with van der Waals surface area (Å²) in [5, 5.41) is 8.04. The van der Waals surface area contributed by atoms with Gasteiger partial charge in [-0.2, -0.15) is 26.3 Å². The van der Waals surface area contributed by atoms with Gasteiger partial charge in [0.2, 0.25) is 18.0 Å². The van der Waals surface area contributed by atoms with Gasteiger partial charge in [0, 0.05) is 49.5 Å². The van der Waals surface area contributed by atoms with Crippen LogP contribution < -0.4 is 21.7 Å². The van der Waals surface area contributed by atoms with Crippen molar-refractivity contribution in [1.29, 1.82) is 0 Å². The van der Waals surface area contributed by atoms with Gasteiger partial charge in [-0.05, 0) is 18.9 Å². The van der Waals surface area contributed by atoms with E-state index in [1.165, 1.54) is 7.11 Å². The molecule has 9 nitrogen and oxygen atoms in total. The molecule has 2 aromatic rings. The average Bonchev–Trinajstić information content (AvgIpc) is 3.06. The van der Waals surface area contributed by atoms with Crippen molar-refractivity contribution in [3.8, 4) is 0 Å². The van der Waals surface area contributed by atoms with Gasteiger partial charge in [-0.1, -0.05) is 42.5 Å². The largest absolute Gasteiger partial charge is 0.389 e. The van der Waals surface area contributed by atoms with Crippen molar-refractivity contribution in [3.63, 3.8) is 0 Å². The molecule has 5 N–H and O–H groups in total. The number of rotatable bonds is 13. The van der Waals surface area contributed by atoms with Crippen LogP contribution in [0.5, 0.6) is 0 Å². The lowest BCUT2D eigenvalue weighted by Gasteiger charge is -2.26. The molecule has 234 valence electrons. The van der Waals surface area contributed by atoms with Gasteiger partial charge in [-0.25, -0.2) is 4.99 Å². The maximum Gasteiger partial charge on any atom is 0.389 e. The van der Waals surface area contributed by atoms with Crippen LogP contribution in [0.15, 0.2) is 53.5 Å². The molecule has 0 spiro atoms. The number of nitrogens with two attached hydrogens (primary N) is 1. The van der Waals surface area contributed by atoms with Crippen molar-refractivity contribution in [1.82, 2.24) is 5.32 Å². The Labute approximate surface area is 243 Å². The molecule has 2 unspecified atom stereocenters. The van der Waals surface area contributed by atoms with Gasteiger partial charge in [0.25, 0.3) is 5.91 Å². The number of carbonyl (C=O) groups is 3. The molecular weight excluding hydrogens is 584 g/mol. The summed E-state index contributed by atoms with van der Waals surface area (Å²) in [6, 6.07) is 13.6. The van der Waals surface area contributed by atoms with E-state index in [4.69, 9.17) is 10.5 Å². The number of amides is 3. The van der Waals surface area contributed by atoms with Crippen molar-refractivity contribution in [2.24, 2.45) is 22.6 Å². The second kappa shape index (κ2) is 14.4. The van der Waals surface area contributed by atoms with Gasteiger partial charge in [-0.3, -0.25) is 14.4 Å². The van der Waals surface area contributed by atoms with Gasteiger partial charge < -0.3 is 26.4 Å². The van der Waals surface area contributed by atoms with Crippen molar-refractivity contribution in [2.75, 3.05) is 30.9 Å². The molecule has 2 aromatic carbocycles. The van der Waals surface area contributed by atoms with E-state index < -0.39 is 73.8 Å². The third-order valence-electron chi connectivity index (χ3n) is 6.69. The van der Waals surface area contributed by atoms with Crippen molar-refractivity contribution < 1.29 is 45.5 Å². The topological polar surface area (TPSA) is 135 Å². The number of fused-ring (bicyclic) bond motifs is 1. The van der Waals surface area contributed by atoms with E-state index in [0.29, 0.717) is 35.7 Å². The van der Waals surface area contributed by atoms with Crippen LogP contribution in [-0.2, 0) is 19.1 Å². The summed E-state index contributed by atoms with van der Waals surface area (Å²) in [4.78, 5) is 43.3. The highest BCUT2D eigenvalue weighted by molar-refractivity contribution is 6.21. The Morgan fingerprint density at radius 1 is 0.977 bits per heavy atom. The minimum Gasteiger partial charge on any atom is -0.383 e. The number of carbonyl (C=O) groups excluding carboxylic acids is 3. The minimum absolute atomic E-state index is 0.241. The van der Waals surface area contributed by atoms with Crippen molar-refractivity contribution >= 4 is 34.8 Å². The van der Waals surface area contributed by atoms with E-state index in [-0.39, 0.29) is 5.71 Å². The molecule has 43 heavy (non-hydrogen) atoms. The molecular formula is C28H31F6N5O4. The number of anilines is 2. The second-order valence-corrected chi connectivity index (χ2v) is 9.81. The predicted molar refractivity (Wildman–Crippen MR) is 146 cm³/mol. The zero-order valence-electron chi connectivity index (χ0n) is 23.0. The van der Waals surface area contributed by atoms with E-state index in [0.717, 1.165) is 0 Å². The molecule has 1 aliphatic rings. The maximum atomic E-state index is 13.4. The Morgan fingerprint density at radius 2 is 1.60 bits per heavy atom. The lowest BCUT2D eigenvalue weighted by atomic mass is 9.83. The van der Waals surface area contributed by atoms with Crippen LogP contribution in [0.4, 0.5) is 37.7 Å². The summed E-state index contributed by atoms with van der Waals surface area (Å²) >= 11 is 0. The molecule has 1 aliphatic heterocycles. The lowest BCUT2D eigenvalue weighted by Crippen LogP contribution is -2.48. The van der Waals surface area contributed by atoms with Crippen LogP contribution in [-0.4, -0.2) is 62.2 Å². The fraction of sp³-hybridized carbons (Fsp3) is 0.429. The third kappa shape index (κ3) is 9.70. The van der Waals surface area contributed by atoms with E-state index in [9.17, 15) is 40.7 Å². The molecule has 1 heterocycles. The van der Waals surface area contributed by atoms with E-state index in [1.807, 2.05) is 0 Å². The van der Waals surface area contributed by atoms with Crippen molar-refractivity contribution in [3.05, 3.63) is 59.7 Å². The van der Waals surface area contributed by atoms with Crippen LogP contribution in [0.3, 0.4) is 0 Å². The van der Waals surface area contributed by atoms with Crippen molar-refractivity contribution in [2.45, 2.75) is 44.2 Å². The minimum atomic E-state index is -4.78. The van der Waals surface area contributed by atoms with Crippen LogP contribution in [0, 0.1) is 11.8 Å². The van der Waals surface area contributed by atoms with Crippen LogP contribution in [0.2, 0.25) is 0 Å². The summed E-state index contributed by atoms with van der Waals surface area (Å²) in [5.41, 5.74) is 7.27. The quantitative estimate of drug-likeness (QED) is 0.196. The highest BCUT2D eigenvalue weighted by Crippen LogP contribution is 2.34. The fourth-order valence-electron chi connectivity index (χ4n) is 4.63. The predicted octanol–water partition coefficient (Wildman–Crippen LogP) is 4.38. The molecule has 0 saturated carbocycles. The highest BCUT2D eigenvalue weighted by Gasteiger charge is 2.40. The summed E-state index contributed by atoms with van der Waals surface area (Å²) in [6.07, 6.45) is -16.4. The molecule has 0 aliphatic carbocycles. The first kappa shape index (κ1) is 33.4. The summed E-state index contributed by atoms with van der Waals surface area (Å²) < 4.78 is 83.2. The highest BCUT2D eigenvalue weighted by atomic mass is 19.4. The number of halogens is 6. The number of benzene rings is 2. The summed E-state index contributed by atoms with van der Waals surface area (Å²) in [6.45, 7) is 0.707. The van der Waals surface area contributed by atoms with Gasteiger partial charge >= 0.3 is 12.4 Å². The smallest absolute Gasteiger partial charge is 0.383 e. The standard InChI is InChI=1S/C28H31F6N5O4/c1-43-15-14-36-20-9-5-8-19-21(16-6-3-2-4-7-16)37-24(26(42)38-22(19)20)39-25(41)18(11-13-28(32,33)34)17(23(35)40)10-12-27(29,30)31/h2-9,17-18,24,36H,10-15H2,1H3,(H2,35,40)(H,38,42)(H,39,41)/t17?,18?,24-/m1/s1. The van der Waals surface area contributed by atoms with Crippen LogP contribution in [0.25, 0.3) is 0 Å². The first-order valence-corrected chi connectivity index (χ1v) is 13.2. The molecule has 3 atom stereocenters. The monoisotopic (exact) mass is 615 g/mol. The number of hydrogen-bond donors (Lipinski definition) is 4. The first-order valence-electron chi connectivity index (χ1n) is 13.2. The third-order valence-corrected chi connectivity index (χ3v) is 6.69. The van der Waals surface area contributed by atoms with E-state index >= 15 is 0 Å². The Hall–Kier alpha value is -4.14. The normalized spacial score (nSPS) is 16.7. The number of primary amides is 1. The molecule has 0 bridgehead atoms. The number of alkyl halides is 6. The lowest BCUT2D eigenvalue weighted by molar-refractivity contribution is -0.152. The maximum absolute atomic E-state index is 13.4. The Morgan fingerprint density at radius 3 is 2.19 bits per heavy atom. The molecule has 0 fully saturated rings. The fourth-order valence-corrected chi connectivity index (χ4v) is 4.63. The van der Waals surface area contributed by atoms with Gasteiger partial charge in [-0.15, -0.1) is 0 Å². The van der Waals surface area contributed by atoms with Gasteiger partial charge in [0.05, 0.1) is 23.7 Å². The average molecular weight is 616 g/mol. The zero-order valence-corrected chi connectivity index (χ0v) is 23.0. The number of nitrogens with one attached hydrogen (secondary N) is 3. The molecule has 0 saturated heterocycles. The number of ether oxygens (including phenoxy) is 1. The number of benzodiazepines with no additional fused rings is 1. The Balaban J connectivity index is 2.01. The molecule has 3 amide bonds. The Bertz CT molecular complexity index is 1320. The zero-order chi connectivity index (χ0) is 31.8. The molecule has 0 aromatic heterocycles. The summed E-state index contributed by atoms with van der Waals surface area (Å²) in [7, 11) is 1.51. The molecule has 15 heteroatoms. The van der Waals surface area contributed by atoms with E-state index in [1.54, 1.807) is 48.5 Å². The Kier molecular flexibility index (Phi) is 11.1. The molecule has 0 radical (unpaired) electrons. The summed E-state index contributed by atoms with van der Waals surface area (Å²) in [5.74, 6) is -7.31. The number of hydrogen-bond acceptors (Lipinski definition) is 6. The SMILES string of the molecule is COCCNc1cccc2c1NC(=O)[C@@H](NC(=O)C(CCC(F)(F)F)C(CCC(F)(F)F)C(N)=O)N=C2c1ccccc1. The number of nitrogens with zero attached hydrogens (tertiary/aromatic N) is 1. The van der Waals surface area contributed by atoms with Gasteiger partial charge in [0.15, 0.2) is 0 Å². The van der Waals surface area contributed by atoms with Gasteiger partial charge in [0.1, 0.15) is 0 Å². The first-order chi connectivity index (χ1) is 20.2.